The molecule has 0 heterocycles. The second kappa shape index (κ2) is 6.35. The molecule has 0 fully saturated rings. The van der Waals surface area contributed by atoms with Gasteiger partial charge in [-0.3, -0.25) is 0 Å². The molecule has 0 spiro atoms. The molecule has 1 aromatic carbocycles. The third-order valence-electron chi connectivity index (χ3n) is 2.29. The summed E-state index contributed by atoms with van der Waals surface area (Å²) in [6, 6.07) is 7.38. The van der Waals surface area contributed by atoms with E-state index in [1.165, 1.54) is 0 Å². The fraction of sp³-hybridized carbons (Fsp3) is 0.455. The van der Waals surface area contributed by atoms with E-state index in [9.17, 15) is 8.42 Å². The van der Waals surface area contributed by atoms with Crippen LogP contribution < -0.4 is 0 Å². The summed E-state index contributed by atoms with van der Waals surface area (Å²) in [6.45, 7) is 0. The van der Waals surface area contributed by atoms with Gasteiger partial charge in [-0.25, -0.2) is 8.42 Å². The van der Waals surface area contributed by atoms with Crippen LogP contribution in [0.2, 0.25) is 0 Å². The molecule has 0 radical (unpaired) electrons. The average Bonchev–Trinajstić information content (AvgIpc) is 2.28. The van der Waals surface area contributed by atoms with E-state index in [2.05, 4.69) is 0 Å². The van der Waals surface area contributed by atoms with Gasteiger partial charge in [-0.05, 0) is 12.0 Å². The first-order chi connectivity index (χ1) is 7.96. The molecule has 0 aliphatic carbocycles. The topological polar surface area (TPSA) is 52.6 Å². The van der Waals surface area contributed by atoms with Crippen molar-refractivity contribution < 1.29 is 17.9 Å². The SMILES string of the molecule is COC(OC)c1cccc(CCS(=O)(=O)Cl)c1. The highest BCUT2D eigenvalue weighted by Gasteiger charge is 2.10. The summed E-state index contributed by atoms with van der Waals surface area (Å²) in [4.78, 5) is 0. The molecule has 0 aliphatic heterocycles. The number of aryl methyl sites for hydroxylation is 1. The van der Waals surface area contributed by atoms with Crippen molar-refractivity contribution in [2.45, 2.75) is 12.7 Å². The van der Waals surface area contributed by atoms with Crippen LogP contribution in [0.15, 0.2) is 24.3 Å². The summed E-state index contributed by atoms with van der Waals surface area (Å²) in [5.41, 5.74) is 1.73. The van der Waals surface area contributed by atoms with Crippen molar-refractivity contribution in [3.05, 3.63) is 35.4 Å². The van der Waals surface area contributed by atoms with E-state index in [0.29, 0.717) is 6.42 Å². The van der Waals surface area contributed by atoms with E-state index in [1.54, 1.807) is 14.2 Å². The lowest BCUT2D eigenvalue weighted by Gasteiger charge is -2.14. The van der Waals surface area contributed by atoms with Gasteiger partial charge in [0.05, 0.1) is 5.75 Å². The highest BCUT2D eigenvalue weighted by molar-refractivity contribution is 8.13. The third-order valence-corrected chi connectivity index (χ3v) is 3.44. The monoisotopic (exact) mass is 278 g/mol. The fourth-order valence-corrected chi connectivity index (χ4v) is 2.21. The van der Waals surface area contributed by atoms with Crippen LogP contribution in [-0.2, 0) is 24.9 Å². The number of rotatable bonds is 6. The van der Waals surface area contributed by atoms with Crippen molar-refractivity contribution in [2.75, 3.05) is 20.0 Å². The number of benzene rings is 1. The molecule has 6 heteroatoms. The van der Waals surface area contributed by atoms with E-state index in [0.717, 1.165) is 11.1 Å². The van der Waals surface area contributed by atoms with Gasteiger partial charge < -0.3 is 9.47 Å². The van der Waals surface area contributed by atoms with Gasteiger partial charge in [0.1, 0.15) is 0 Å². The zero-order chi connectivity index (χ0) is 12.9. The first-order valence-corrected chi connectivity index (χ1v) is 7.51. The summed E-state index contributed by atoms with van der Waals surface area (Å²) >= 11 is 0. The Balaban J connectivity index is 2.79. The molecule has 4 nitrogen and oxygen atoms in total. The largest absolute Gasteiger partial charge is 0.352 e. The molecular formula is C11H15ClO4S. The van der Waals surface area contributed by atoms with Gasteiger partial charge in [0.15, 0.2) is 6.29 Å². The molecule has 0 atom stereocenters. The molecule has 0 N–H and O–H groups in total. The van der Waals surface area contributed by atoms with Crippen LogP contribution in [-0.4, -0.2) is 28.4 Å². The molecule has 0 saturated carbocycles. The third kappa shape index (κ3) is 5.04. The Kier molecular flexibility index (Phi) is 5.39. The van der Waals surface area contributed by atoms with E-state index >= 15 is 0 Å². The van der Waals surface area contributed by atoms with Gasteiger partial charge in [-0.15, -0.1) is 0 Å². The van der Waals surface area contributed by atoms with Crippen LogP contribution in [0, 0.1) is 0 Å². The minimum atomic E-state index is -3.46. The van der Waals surface area contributed by atoms with Crippen LogP contribution in [0.5, 0.6) is 0 Å². The van der Waals surface area contributed by atoms with Gasteiger partial charge in [-0.2, -0.15) is 0 Å². The van der Waals surface area contributed by atoms with Crippen LogP contribution in [0.3, 0.4) is 0 Å². The number of hydrogen-bond acceptors (Lipinski definition) is 4. The van der Waals surface area contributed by atoms with Crippen LogP contribution in [0.25, 0.3) is 0 Å². The molecule has 17 heavy (non-hydrogen) atoms. The first-order valence-electron chi connectivity index (χ1n) is 5.03. The highest BCUT2D eigenvalue weighted by atomic mass is 35.7. The van der Waals surface area contributed by atoms with Crippen molar-refractivity contribution in [3.8, 4) is 0 Å². The van der Waals surface area contributed by atoms with Gasteiger partial charge in [0.25, 0.3) is 0 Å². The number of hydrogen-bond donors (Lipinski definition) is 0. The van der Waals surface area contributed by atoms with E-state index in [-0.39, 0.29) is 5.75 Å². The second-order valence-corrected chi connectivity index (χ2v) is 6.44. The van der Waals surface area contributed by atoms with Crippen molar-refractivity contribution in [1.82, 2.24) is 0 Å². The maximum atomic E-state index is 10.9. The van der Waals surface area contributed by atoms with Gasteiger partial charge in [0.2, 0.25) is 9.05 Å². The highest BCUT2D eigenvalue weighted by Crippen LogP contribution is 2.19. The molecule has 0 bridgehead atoms. The smallest absolute Gasteiger partial charge is 0.232 e. The fourth-order valence-electron chi connectivity index (χ4n) is 1.50. The van der Waals surface area contributed by atoms with Crippen molar-refractivity contribution in [1.29, 1.82) is 0 Å². The molecule has 96 valence electrons. The maximum absolute atomic E-state index is 10.9. The molecule has 0 aromatic heterocycles. The zero-order valence-electron chi connectivity index (χ0n) is 9.72. The quantitative estimate of drug-likeness (QED) is 0.591. The maximum Gasteiger partial charge on any atom is 0.232 e. The Morgan fingerprint density at radius 1 is 1.29 bits per heavy atom. The lowest BCUT2D eigenvalue weighted by atomic mass is 10.1. The predicted octanol–water partition coefficient (Wildman–Crippen LogP) is 2.09. The minimum Gasteiger partial charge on any atom is -0.352 e. The Labute approximate surface area is 106 Å². The normalized spacial score (nSPS) is 12.0. The minimum absolute atomic E-state index is 0.0807. The predicted molar refractivity (Wildman–Crippen MR) is 66.5 cm³/mol. The molecule has 0 saturated heterocycles. The Morgan fingerprint density at radius 2 is 1.94 bits per heavy atom. The zero-order valence-corrected chi connectivity index (χ0v) is 11.3. The number of halogens is 1. The van der Waals surface area contributed by atoms with Crippen molar-refractivity contribution in [2.24, 2.45) is 0 Å². The van der Waals surface area contributed by atoms with Gasteiger partial charge in [0, 0.05) is 30.5 Å². The Morgan fingerprint density at radius 3 is 2.47 bits per heavy atom. The van der Waals surface area contributed by atoms with E-state index in [4.69, 9.17) is 20.2 Å². The standard InChI is InChI=1S/C11H15ClO4S/c1-15-11(16-2)10-5-3-4-9(8-10)6-7-17(12,13)14/h3-5,8,11H,6-7H2,1-2H3. The lowest BCUT2D eigenvalue weighted by molar-refractivity contribution is -0.106. The second-order valence-electron chi connectivity index (χ2n) is 3.54. The molecule has 1 aromatic rings. The van der Waals surface area contributed by atoms with Crippen LogP contribution >= 0.6 is 10.7 Å². The van der Waals surface area contributed by atoms with E-state index < -0.39 is 15.3 Å². The Hall–Kier alpha value is -0.620. The van der Waals surface area contributed by atoms with Crippen LogP contribution in [0.1, 0.15) is 17.4 Å². The molecule has 0 amide bonds. The molecule has 0 unspecified atom stereocenters. The Bertz CT molecular complexity index is 454. The molecular weight excluding hydrogens is 264 g/mol. The molecule has 0 aliphatic rings. The molecule has 1 rings (SSSR count). The van der Waals surface area contributed by atoms with E-state index in [1.807, 2.05) is 24.3 Å². The average molecular weight is 279 g/mol. The van der Waals surface area contributed by atoms with Crippen molar-refractivity contribution >= 4 is 19.7 Å². The summed E-state index contributed by atoms with van der Waals surface area (Å²) in [6.07, 6.45) is -0.0673. The number of methoxy groups -OCH3 is 2. The summed E-state index contributed by atoms with van der Waals surface area (Å²) in [5, 5.41) is 0. The lowest BCUT2D eigenvalue weighted by Crippen LogP contribution is -2.05. The van der Waals surface area contributed by atoms with Crippen molar-refractivity contribution in [3.63, 3.8) is 0 Å². The first kappa shape index (κ1) is 14.4. The van der Waals surface area contributed by atoms with Gasteiger partial charge in [-0.1, -0.05) is 24.3 Å². The summed E-state index contributed by atoms with van der Waals surface area (Å²) < 4.78 is 31.9. The number of ether oxygens (including phenoxy) is 2. The summed E-state index contributed by atoms with van der Waals surface area (Å²) in [5.74, 6) is -0.0807. The summed E-state index contributed by atoms with van der Waals surface area (Å²) in [7, 11) is 4.80. The van der Waals surface area contributed by atoms with Crippen LogP contribution in [0.4, 0.5) is 0 Å². The van der Waals surface area contributed by atoms with Gasteiger partial charge >= 0.3 is 0 Å².